The summed E-state index contributed by atoms with van der Waals surface area (Å²) >= 11 is 0. The molecule has 0 aliphatic carbocycles. The first-order valence-corrected chi connectivity index (χ1v) is 4.81. The van der Waals surface area contributed by atoms with Crippen molar-refractivity contribution in [2.75, 3.05) is 19.8 Å². The number of carbonyl (C=O) groups excluding carboxylic acids is 1. The molecule has 1 aliphatic rings. The highest BCUT2D eigenvalue weighted by Gasteiger charge is 2.29. The molecule has 1 saturated heterocycles. The third kappa shape index (κ3) is 2.69. The molecule has 0 aromatic rings. The van der Waals surface area contributed by atoms with Crippen LogP contribution in [0.3, 0.4) is 0 Å². The number of carbonyl (C=O) groups is 1. The Morgan fingerprint density at radius 3 is 2.54 bits per heavy atom. The molecular formula is C10H18O3. The van der Waals surface area contributed by atoms with E-state index in [0.29, 0.717) is 12.5 Å². The topological polar surface area (TPSA) is 35.5 Å². The lowest BCUT2D eigenvalue weighted by Gasteiger charge is -2.27. The summed E-state index contributed by atoms with van der Waals surface area (Å²) in [6.45, 7) is 7.80. The lowest BCUT2D eigenvalue weighted by molar-refractivity contribution is -0.160. The summed E-state index contributed by atoms with van der Waals surface area (Å²) in [5.74, 6) is 0.332. The SMILES string of the molecule is CCC(C)(C)C(=O)OCC1COC1. The van der Waals surface area contributed by atoms with Gasteiger partial charge in [0.05, 0.1) is 25.2 Å². The predicted octanol–water partition coefficient (Wildman–Crippen LogP) is 1.61. The number of hydrogen-bond acceptors (Lipinski definition) is 3. The zero-order valence-electron chi connectivity index (χ0n) is 8.63. The van der Waals surface area contributed by atoms with Crippen LogP contribution in [-0.2, 0) is 14.3 Å². The Balaban J connectivity index is 2.23. The molecule has 3 nitrogen and oxygen atoms in total. The first kappa shape index (κ1) is 10.5. The number of esters is 1. The Hall–Kier alpha value is -0.570. The first-order chi connectivity index (χ1) is 6.06. The van der Waals surface area contributed by atoms with Crippen molar-refractivity contribution in [2.45, 2.75) is 27.2 Å². The fourth-order valence-corrected chi connectivity index (χ4v) is 0.914. The van der Waals surface area contributed by atoms with E-state index in [1.54, 1.807) is 0 Å². The van der Waals surface area contributed by atoms with Gasteiger partial charge in [0.25, 0.3) is 0 Å². The molecule has 0 aromatic heterocycles. The molecule has 1 aliphatic heterocycles. The van der Waals surface area contributed by atoms with Crippen molar-refractivity contribution in [1.29, 1.82) is 0 Å². The van der Waals surface area contributed by atoms with E-state index in [9.17, 15) is 4.79 Å². The van der Waals surface area contributed by atoms with Crippen LogP contribution in [0.1, 0.15) is 27.2 Å². The van der Waals surface area contributed by atoms with Gasteiger partial charge >= 0.3 is 5.97 Å². The van der Waals surface area contributed by atoms with Crippen molar-refractivity contribution in [2.24, 2.45) is 11.3 Å². The molecule has 1 fully saturated rings. The van der Waals surface area contributed by atoms with E-state index in [1.807, 2.05) is 20.8 Å². The van der Waals surface area contributed by atoms with Crippen molar-refractivity contribution >= 4 is 5.97 Å². The van der Waals surface area contributed by atoms with Crippen LogP contribution in [-0.4, -0.2) is 25.8 Å². The van der Waals surface area contributed by atoms with Crippen LogP contribution >= 0.6 is 0 Å². The lowest BCUT2D eigenvalue weighted by Crippen LogP contribution is -2.35. The van der Waals surface area contributed by atoms with Gasteiger partial charge in [0.2, 0.25) is 0 Å². The average Bonchev–Trinajstić information content (AvgIpc) is 2.01. The molecule has 0 radical (unpaired) electrons. The zero-order valence-corrected chi connectivity index (χ0v) is 8.63. The van der Waals surface area contributed by atoms with Crippen LogP contribution < -0.4 is 0 Å². The average molecular weight is 186 g/mol. The fourth-order valence-electron chi connectivity index (χ4n) is 0.914. The minimum Gasteiger partial charge on any atom is -0.465 e. The predicted molar refractivity (Wildman–Crippen MR) is 49.3 cm³/mol. The number of rotatable bonds is 4. The van der Waals surface area contributed by atoms with Gasteiger partial charge in [-0.15, -0.1) is 0 Å². The van der Waals surface area contributed by atoms with E-state index < -0.39 is 0 Å². The molecule has 1 heterocycles. The summed E-state index contributed by atoms with van der Waals surface area (Å²) in [6.07, 6.45) is 0.812. The molecule has 0 unspecified atom stereocenters. The summed E-state index contributed by atoms with van der Waals surface area (Å²) < 4.78 is 10.2. The minimum absolute atomic E-state index is 0.0955. The van der Waals surface area contributed by atoms with Crippen LogP contribution in [0.25, 0.3) is 0 Å². The highest BCUT2D eigenvalue weighted by Crippen LogP contribution is 2.22. The standard InChI is InChI=1S/C10H18O3/c1-4-10(2,3)9(11)13-7-8-5-12-6-8/h8H,4-7H2,1-3H3. The van der Waals surface area contributed by atoms with E-state index in [0.717, 1.165) is 19.6 Å². The Morgan fingerprint density at radius 2 is 2.15 bits per heavy atom. The first-order valence-electron chi connectivity index (χ1n) is 4.81. The van der Waals surface area contributed by atoms with Crippen LogP contribution in [0.2, 0.25) is 0 Å². The third-order valence-corrected chi connectivity index (χ3v) is 2.59. The van der Waals surface area contributed by atoms with Gasteiger partial charge in [0, 0.05) is 5.92 Å². The molecule has 0 saturated carbocycles. The zero-order chi connectivity index (χ0) is 9.90. The van der Waals surface area contributed by atoms with Gasteiger partial charge in [-0.3, -0.25) is 4.79 Å². The van der Waals surface area contributed by atoms with E-state index in [1.165, 1.54) is 0 Å². The highest BCUT2D eigenvalue weighted by molar-refractivity contribution is 5.75. The second-order valence-corrected chi connectivity index (χ2v) is 4.24. The number of ether oxygens (including phenoxy) is 2. The Morgan fingerprint density at radius 1 is 1.54 bits per heavy atom. The Kier molecular flexibility index (Phi) is 3.31. The largest absolute Gasteiger partial charge is 0.465 e. The van der Waals surface area contributed by atoms with E-state index in [2.05, 4.69) is 0 Å². The van der Waals surface area contributed by atoms with Gasteiger partial charge in [0.1, 0.15) is 0 Å². The summed E-state index contributed by atoms with van der Waals surface area (Å²) in [4.78, 5) is 11.5. The van der Waals surface area contributed by atoms with Gasteiger partial charge in [0.15, 0.2) is 0 Å². The molecule has 0 spiro atoms. The summed E-state index contributed by atoms with van der Waals surface area (Å²) in [5.41, 5.74) is -0.343. The van der Waals surface area contributed by atoms with Gasteiger partial charge < -0.3 is 9.47 Å². The quantitative estimate of drug-likeness (QED) is 0.626. The van der Waals surface area contributed by atoms with Gasteiger partial charge in [-0.05, 0) is 20.3 Å². The molecule has 0 atom stereocenters. The monoisotopic (exact) mass is 186 g/mol. The normalized spacial score (nSPS) is 18.1. The fraction of sp³-hybridized carbons (Fsp3) is 0.900. The van der Waals surface area contributed by atoms with Gasteiger partial charge in [-0.1, -0.05) is 6.92 Å². The van der Waals surface area contributed by atoms with Crippen LogP contribution in [0, 0.1) is 11.3 Å². The molecule has 0 bridgehead atoms. The third-order valence-electron chi connectivity index (χ3n) is 2.59. The molecule has 3 heteroatoms. The lowest BCUT2D eigenvalue weighted by atomic mass is 9.91. The minimum atomic E-state index is -0.343. The maximum absolute atomic E-state index is 11.5. The maximum atomic E-state index is 11.5. The molecule has 13 heavy (non-hydrogen) atoms. The van der Waals surface area contributed by atoms with Crippen molar-refractivity contribution < 1.29 is 14.3 Å². The summed E-state index contributed by atoms with van der Waals surface area (Å²) in [6, 6.07) is 0. The highest BCUT2D eigenvalue weighted by atomic mass is 16.5. The smallest absolute Gasteiger partial charge is 0.311 e. The van der Waals surface area contributed by atoms with E-state index in [4.69, 9.17) is 9.47 Å². The van der Waals surface area contributed by atoms with Crippen molar-refractivity contribution in [3.63, 3.8) is 0 Å². The number of hydrogen-bond donors (Lipinski definition) is 0. The molecule has 1 rings (SSSR count). The maximum Gasteiger partial charge on any atom is 0.311 e. The van der Waals surface area contributed by atoms with E-state index >= 15 is 0 Å². The van der Waals surface area contributed by atoms with Gasteiger partial charge in [-0.2, -0.15) is 0 Å². The van der Waals surface area contributed by atoms with Crippen LogP contribution in [0.4, 0.5) is 0 Å². The second kappa shape index (κ2) is 4.09. The molecule has 76 valence electrons. The van der Waals surface area contributed by atoms with Gasteiger partial charge in [-0.25, -0.2) is 0 Å². The molecule has 0 aromatic carbocycles. The van der Waals surface area contributed by atoms with Crippen LogP contribution in [0.15, 0.2) is 0 Å². The van der Waals surface area contributed by atoms with Crippen LogP contribution in [0.5, 0.6) is 0 Å². The second-order valence-electron chi connectivity index (χ2n) is 4.24. The summed E-state index contributed by atoms with van der Waals surface area (Å²) in [5, 5.41) is 0. The summed E-state index contributed by atoms with van der Waals surface area (Å²) in [7, 11) is 0. The molecule has 0 N–H and O–H groups in total. The Bertz CT molecular complexity index is 183. The molecule has 0 amide bonds. The van der Waals surface area contributed by atoms with Crippen molar-refractivity contribution in [3.05, 3.63) is 0 Å². The van der Waals surface area contributed by atoms with E-state index in [-0.39, 0.29) is 11.4 Å². The van der Waals surface area contributed by atoms with Crippen molar-refractivity contribution in [1.82, 2.24) is 0 Å². The Labute approximate surface area is 79.4 Å². The molecular weight excluding hydrogens is 168 g/mol. The van der Waals surface area contributed by atoms with Crippen molar-refractivity contribution in [3.8, 4) is 0 Å².